The maximum absolute atomic E-state index is 12.1. The first-order valence-electron chi connectivity index (χ1n) is 6.26. The first-order valence-corrected chi connectivity index (χ1v) is 7.01. The Bertz CT molecular complexity index is 799. The molecule has 3 nitrogen and oxygen atoms in total. The van der Waals surface area contributed by atoms with Crippen LogP contribution in [0.1, 0.15) is 16.2 Å². The molecular weight excluding hydrogens is 307 g/mol. The molecule has 0 unspecified atom stereocenters. The van der Waals surface area contributed by atoms with Crippen molar-refractivity contribution in [3.05, 3.63) is 70.0 Å². The van der Waals surface area contributed by atoms with Crippen molar-refractivity contribution in [2.24, 2.45) is 0 Å². The van der Waals surface area contributed by atoms with E-state index in [0.717, 1.165) is 5.56 Å². The highest BCUT2D eigenvalue weighted by Crippen LogP contribution is 2.26. The number of ketones is 1. The molecular formula is C16H10Cl2N2O. The number of carbonyl (C=O) groups is 1. The number of H-pyrrole nitrogens is 1. The van der Waals surface area contributed by atoms with Crippen LogP contribution in [0.15, 0.2) is 48.5 Å². The van der Waals surface area contributed by atoms with E-state index in [-0.39, 0.29) is 11.6 Å². The van der Waals surface area contributed by atoms with Crippen LogP contribution in [0.2, 0.25) is 10.0 Å². The van der Waals surface area contributed by atoms with Crippen molar-refractivity contribution >= 4 is 46.1 Å². The lowest BCUT2D eigenvalue weighted by molar-refractivity contribution is 0.103. The zero-order valence-electron chi connectivity index (χ0n) is 10.8. The third-order valence-corrected chi connectivity index (χ3v) is 3.71. The van der Waals surface area contributed by atoms with Crippen LogP contribution in [0.5, 0.6) is 0 Å². The summed E-state index contributed by atoms with van der Waals surface area (Å²) in [6.07, 6.45) is 3.23. The minimum atomic E-state index is -0.206. The highest BCUT2D eigenvalue weighted by Gasteiger charge is 2.10. The molecule has 104 valence electrons. The SMILES string of the molecule is O=C(C=Cc1ccccc1)c1nc2cc(Cl)c(Cl)cc2[nH]1. The fourth-order valence-corrected chi connectivity index (χ4v) is 2.26. The minimum absolute atomic E-state index is 0.206. The second kappa shape index (κ2) is 5.72. The van der Waals surface area contributed by atoms with Crippen LogP contribution in [0, 0.1) is 0 Å². The number of benzene rings is 2. The van der Waals surface area contributed by atoms with Gasteiger partial charge in [-0.05, 0) is 23.8 Å². The molecule has 21 heavy (non-hydrogen) atoms. The third-order valence-electron chi connectivity index (χ3n) is 2.98. The lowest BCUT2D eigenvalue weighted by Crippen LogP contribution is -1.96. The Hall–Kier alpha value is -2.10. The van der Waals surface area contributed by atoms with E-state index in [4.69, 9.17) is 23.2 Å². The number of imidazole rings is 1. The van der Waals surface area contributed by atoms with Crippen molar-refractivity contribution < 1.29 is 4.79 Å². The molecule has 0 saturated heterocycles. The smallest absolute Gasteiger partial charge is 0.221 e. The molecule has 0 saturated carbocycles. The summed E-state index contributed by atoms with van der Waals surface area (Å²) in [6, 6.07) is 12.9. The van der Waals surface area contributed by atoms with Gasteiger partial charge in [0.1, 0.15) is 0 Å². The van der Waals surface area contributed by atoms with Crippen LogP contribution in [0.25, 0.3) is 17.1 Å². The van der Waals surface area contributed by atoms with Crippen molar-refractivity contribution in [3.63, 3.8) is 0 Å². The molecule has 0 atom stereocenters. The Labute approximate surface area is 131 Å². The van der Waals surface area contributed by atoms with Crippen molar-refractivity contribution in [3.8, 4) is 0 Å². The topological polar surface area (TPSA) is 45.8 Å². The molecule has 0 radical (unpaired) electrons. The molecule has 0 aliphatic heterocycles. The van der Waals surface area contributed by atoms with Gasteiger partial charge in [0.25, 0.3) is 0 Å². The number of aromatic amines is 1. The third kappa shape index (κ3) is 2.99. The average Bonchev–Trinajstić information content (AvgIpc) is 2.89. The number of aromatic nitrogens is 2. The number of hydrogen-bond acceptors (Lipinski definition) is 2. The van der Waals surface area contributed by atoms with E-state index in [2.05, 4.69) is 9.97 Å². The van der Waals surface area contributed by atoms with Gasteiger partial charge in [-0.1, -0.05) is 59.6 Å². The van der Waals surface area contributed by atoms with Crippen LogP contribution < -0.4 is 0 Å². The minimum Gasteiger partial charge on any atom is -0.335 e. The molecule has 1 N–H and O–H groups in total. The summed E-state index contributed by atoms with van der Waals surface area (Å²) in [5, 5.41) is 0.834. The summed E-state index contributed by atoms with van der Waals surface area (Å²) >= 11 is 11.9. The number of hydrogen-bond donors (Lipinski definition) is 1. The highest BCUT2D eigenvalue weighted by atomic mass is 35.5. The Balaban J connectivity index is 1.90. The van der Waals surface area contributed by atoms with E-state index in [1.54, 1.807) is 18.2 Å². The molecule has 5 heteroatoms. The van der Waals surface area contributed by atoms with Crippen LogP contribution in [-0.2, 0) is 0 Å². The van der Waals surface area contributed by atoms with Crippen LogP contribution in [0.4, 0.5) is 0 Å². The summed E-state index contributed by atoms with van der Waals surface area (Å²) < 4.78 is 0. The predicted octanol–water partition coefficient (Wildman–Crippen LogP) is 4.77. The quantitative estimate of drug-likeness (QED) is 0.559. The number of nitrogens with one attached hydrogen (secondary N) is 1. The summed E-state index contributed by atoms with van der Waals surface area (Å²) in [5.74, 6) is 0.0535. The molecule has 3 rings (SSSR count). The van der Waals surface area contributed by atoms with Crippen LogP contribution >= 0.6 is 23.2 Å². The van der Waals surface area contributed by atoms with Gasteiger partial charge in [0.05, 0.1) is 21.1 Å². The van der Waals surface area contributed by atoms with Gasteiger partial charge in [-0.2, -0.15) is 0 Å². The summed E-state index contributed by atoms with van der Waals surface area (Å²) in [6.45, 7) is 0. The monoisotopic (exact) mass is 316 g/mol. The van der Waals surface area contributed by atoms with E-state index in [0.29, 0.717) is 21.1 Å². The zero-order valence-corrected chi connectivity index (χ0v) is 12.3. The Morgan fingerprint density at radius 2 is 1.81 bits per heavy atom. The lowest BCUT2D eigenvalue weighted by atomic mass is 10.2. The zero-order chi connectivity index (χ0) is 14.8. The maximum atomic E-state index is 12.1. The highest BCUT2D eigenvalue weighted by molar-refractivity contribution is 6.42. The Kier molecular flexibility index (Phi) is 3.78. The molecule has 2 aromatic carbocycles. The Morgan fingerprint density at radius 3 is 2.57 bits per heavy atom. The fourth-order valence-electron chi connectivity index (χ4n) is 1.94. The summed E-state index contributed by atoms with van der Waals surface area (Å²) in [7, 11) is 0. The summed E-state index contributed by atoms with van der Waals surface area (Å²) in [5.41, 5.74) is 2.25. The van der Waals surface area contributed by atoms with Gasteiger partial charge < -0.3 is 4.98 Å². The van der Waals surface area contributed by atoms with Crippen molar-refractivity contribution in [2.75, 3.05) is 0 Å². The largest absolute Gasteiger partial charge is 0.335 e. The molecule has 1 aromatic heterocycles. The summed E-state index contributed by atoms with van der Waals surface area (Å²) in [4.78, 5) is 19.3. The number of fused-ring (bicyclic) bond motifs is 1. The molecule has 0 aliphatic carbocycles. The molecule has 1 heterocycles. The first-order chi connectivity index (χ1) is 10.1. The van der Waals surface area contributed by atoms with Crippen molar-refractivity contribution in [2.45, 2.75) is 0 Å². The number of allylic oxidation sites excluding steroid dienone is 1. The van der Waals surface area contributed by atoms with E-state index < -0.39 is 0 Å². The fraction of sp³-hybridized carbons (Fsp3) is 0. The molecule has 3 aromatic rings. The standard InChI is InChI=1S/C16H10Cl2N2O/c17-11-8-13-14(9-12(11)18)20-16(19-13)15(21)7-6-10-4-2-1-3-5-10/h1-9H,(H,19,20). The lowest BCUT2D eigenvalue weighted by Gasteiger charge is -1.93. The number of halogens is 2. The molecule has 0 amide bonds. The van der Waals surface area contributed by atoms with Gasteiger partial charge in [-0.25, -0.2) is 4.98 Å². The normalized spacial score (nSPS) is 11.3. The van der Waals surface area contributed by atoms with Gasteiger partial charge >= 0.3 is 0 Å². The predicted molar refractivity (Wildman–Crippen MR) is 85.9 cm³/mol. The number of nitrogens with zero attached hydrogens (tertiary/aromatic N) is 1. The maximum Gasteiger partial charge on any atom is 0.221 e. The molecule has 0 bridgehead atoms. The van der Waals surface area contributed by atoms with Crippen LogP contribution in [-0.4, -0.2) is 15.8 Å². The van der Waals surface area contributed by atoms with Gasteiger partial charge in [0.15, 0.2) is 5.82 Å². The van der Waals surface area contributed by atoms with E-state index in [1.165, 1.54) is 6.08 Å². The van der Waals surface area contributed by atoms with Crippen molar-refractivity contribution in [1.29, 1.82) is 0 Å². The molecule has 0 fully saturated rings. The van der Waals surface area contributed by atoms with Gasteiger partial charge in [-0.15, -0.1) is 0 Å². The van der Waals surface area contributed by atoms with Gasteiger partial charge in [0, 0.05) is 0 Å². The van der Waals surface area contributed by atoms with Gasteiger partial charge in [-0.3, -0.25) is 4.79 Å². The molecule has 0 spiro atoms. The molecule has 0 aliphatic rings. The Morgan fingerprint density at radius 1 is 1.10 bits per heavy atom. The second-order valence-electron chi connectivity index (χ2n) is 4.48. The number of rotatable bonds is 3. The van der Waals surface area contributed by atoms with E-state index in [1.807, 2.05) is 30.3 Å². The van der Waals surface area contributed by atoms with Crippen molar-refractivity contribution in [1.82, 2.24) is 9.97 Å². The first kappa shape index (κ1) is 13.9. The second-order valence-corrected chi connectivity index (χ2v) is 5.29. The number of carbonyl (C=O) groups excluding carboxylic acids is 1. The van der Waals surface area contributed by atoms with E-state index >= 15 is 0 Å². The van der Waals surface area contributed by atoms with Gasteiger partial charge in [0.2, 0.25) is 5.78 Å². The van der Waals surface area contributed by atoms with E-state index in [9.17, 15) is 4.79 Å². The van der Waals surface area contributed by atoms with Crippen LogP contribution in [0.3, 0.4) is 0 Å². The average molecular weight is 317 g/mol.